The van der Waals surface area contributed by atoms with Crippen LogP contribution < -0.4 is 10.6 Å². The Hall–Kier alpha value is -1.93. The lowest BCUT2D eigenvalue weighted by Crippen LogP contribution is -2.07. The largest absolute Gasteiger partial charge is 0.357 e. The zero-order valence-electron chi connectivity index (χ0n) is 11.1. The number of halogens is 2. The zero-order chi connectivity index (χ0) is 15.6. The van der Waals surface area contributed by atoms with Gasteiger partial charge in [-0.15, -0.1) is 0 Å². The van der Waals surface area contributed by atoms with Gasteiger partial charge in [-0.05, 0) is 25.1 Å². The van der Waals surface area contributed by atoms with Gasteiger partial charge in [-0.1, -0.05) is 27.5 Å². The van der Waals surface area contributed by atoms with Crippen molar-refractivity contribution < 1.29 is 4.92 Å². The molecule has 0 amide bonds. The van der Waals surface area contributed by atoms with Gasteiger partial charge in [-0.25, -0.2) is 4.98 Å². The second-order valence-electron chi connectivity index (χ2n) is 4.09. The number of aryl methyl sites for hydroxylation is 1. The highest BCUT2D eigenvalue weighted by molar-refractivity contribution is 9.10. The zero-order valence-corrected chi connectivity index (χ0v) is 13.5. The molecule has 2 rings (SSSR count). The molecule has 0 radical (unpaired) electrons. The fraction of sp³-hybridized carbons (Fsp3) is 0.167. The van der Waals surface area contributed by atoms with Crippen LogP contribution in [0.5, 0.6) is 0 Å². The van der Waals surface area contributed by atoms with E-state index in [1.165, 1.54) is 0 Å². The maximum absolute atomic E-state index is 11.2. The first-order valence-corrected chi connectivity index (χ1v) is 7.02. The molecule has 0 fully saturated rings. The number of aromatic nitrogens is 2. The third-order valence-electron chi connectivity index (χ3n) is 2.65. The molecule has 0 aliphatic rings. The maximum Gasteiger partial charge on any atom is 0.332 e. The summed E-state index contributed by atoms with van der Waals surface area (Å²) in [4.78, 5) is 18.8. The standard InChI is InChI=1S/C12H11BrClN5O2/c1-6-10(19(20)21)11(18-12(15-2)16-6)17-9-5-7(13)3-4-8(9)14/h3-5H,1-2H3,(H2,15,16,17,18). The fourth-order valence-electron chi connectivity index (χ4n) is 1.71. The summed E-state index contributed by atoms with van der Waals surface area (Å²) in [5.41, 5.74) is 0.576. The normalized spacial score (nSPS) is 10.3. The quantitative estimate of drug-likeness (QED) is 0.624. The van der Waals surface area contributed by atoms with Crippen molar-refractivity contribution in [3.8, 4) is 0 Å². The van der Waals surface area contributed by atoms with Crippen molar-refractivity contribution in [3.05, 3.63) is 43.5 Å². The van der Waals surface area contributed by atoms with Crippen LogP contribution in [0.4, 0.5) is 23.1 Å². The van der Waals surface area contributed by atoms with Gasteiger partial charge < -0.3 is 10.6 Å². The third kappa shape index (κ3) is 3.40. The van der Waals surface area contributed by atoms with Crippen LogP contribution in [-0.4, -0.2) is 21.9 Å². The molecule has 0 aliphatic carbocycles. The Labute approximate surface area is 134 Å². The minimum atomic E-state index is -0.525. The Balaban J connectivity index is 2.54. The SMILES string of the molecule is CNc1nc(C)c([N+](=O)[O-])c(Nc2cc(Br)ccc2Cl)n1. The van der Waals surface area contributed by atoms with E-state index in [2.05, 4.69) is 36.5 Å². The van der Waals surface area contributed by atoms with Crippen LogP contribution in [-0.2, 0) is 0 Å². The van der Waals surface area contributed by atoms with Gasteiger partial charge in [0.25, 0.3) is 0 Å². The highest BCUT2D eigenvalue weighted by atomic mass is 79.9. The van der Waals surface area contributed by atoms with Crippen LogP contribution in [0.25, 0.3) is 0 Å². The molecule has 0 aliphatic heterocycles. The van der Waals surface area contributed by atoms with Gasteiger partial charge >= 0.3 is 5.69 Å². The highest BCUT2D eigenvalue weighted by Crippen LogP contribution is 2.33. The molecule has 0 spiro atoms. The summed E-state index contributed by atoms with van der Waals surface area (Å²) >= 11 is 9.40. The summed E-state index contributed by atoms with van der Waals surface area (Å²) in [6, 6.07) is 5.15. The molecule has 7 nitrogen and oxygen atoms in total. The number of hydrogen-bond acceptors (Lipinski definition) is 6. The molecule has 0 saturated heterocycles. The average Bonchev–Trinajstić information content (AvgIpc) is 2.41. The molecule has 110 valence electrons. The second kappa shape index (κ2) is 6.23. The summed E-state index contributed by atoms with van der Waals surface area (Å²) in [5, 5.41) is 17.3. The number of nitrogens with one attached hydrogen (secondary N) is 2. The molecule has 0 saturated carbocycles. The van der Waals surface area contributed by atoms with Crippen molar-refractivity contribution in [2.75, 3.05) is 17.7 Å². The lowest BCUT2D eigenvalue weighted by atomic mass is 10.3. The maximum atomic E-state index is 11.2. The second-order valence-corrected chi connectivity index (χ2v) is 5.41. The van der Waals surface area contributed by atoms with Gasteiger partial charge in [0.15, 0.2) is 0 Å². The lowest BCUT2D eigenvalue weighted by Gasteiger charge is -2.11. The minimum absolute atomic E-state index is 0.0804. The summed E-state index contributed by atoms with van der Waals surface area (Å²) in [6.45, 7) is 1.55. The molecule has 21 heavy (non-hydrogen) atoms. The van der Waals surface area contributed by atoms with Crippen LogP contribution in [0.2, 0.25) is 5.02 Å². The van der Waals surface area contributed by atoms with E-state index >= 15 is 0 Å². The number of benzene rings is 1. The summed E-state index contributed by atoms with van der Waals surface area (Å²) in [7, 11) is 1.64. The molecule has 1 heterocycles. The van der Waals surface area contributed by atoms with E-state index in [1.54, 1.807) is 32.2 Å². The monoisotopic (exact) mass is 371 g/mol. The molecule has 0 atom stereocenters. The van der Waals surface area contributed by atoms with Crippen molar-refractivity contribution in [1.82, 2.24) is 9.97 Å². The smallest absolute Gasteiger partial charge is 0.332 e. The predicted molar refractivity (Wildman–Crippen MR) is 85.4 cm³/mol. The molecule has 2 aromatic rings. The Morgan fingerprint density at radius 3 is 2.71 bits per heavy atom. The van der Waals surface area contributed by atoms with E-state index in [0.29, 0.717) is 10.7 Å². The number of nitro groups is 1. The van der Waals surface area contributed by atoms with E-state index in [1.807, 2.05) is 0 Å². The van der Waals surface area contributed by atoms with E-state index in [0.717, 1.165) is 4.47 Å². The van der Waals surface area contributed by atoms with Crippen LogP contribution in [0, 0.1) is 17.0 Å². The van der Waals surface area contributed by atoms with Gasteiger partial charge in [-0.3, -0.25) is 10.1 Å². The molecule has 1 aromatic carbocycles. The molecule has 1 aromatic heterocycles. The molecule has 9 heteroatoms. The Morgan fingerprint density at radius 2 is 2.10 bits per heavy atom. The Morgan fingerprint density at radius 1 is 1.38 bits per heavy atom. The number of anilines is 3. The average molecular weight is 373 g/mol. The van der Waals surface area contributed by atoms with Crippen LogP contribution in [0.3, 0.4) is 0 Å². The first kappa shape index (κ1) is 15.5. The van der Waals surface area contributed by atoms with Crippen molar-refractivity contribution in [2.24, 2.45) is 0 Å². The van der Waals surface area contributed by atoms with Gasteiger partial charge in [0, 0.05) is 11.5 Å². The van der Waals surface area contributed by atoms with E-state index in [9.17, 15) is 10.1 Å². The molecule has 0 unspecified atom stereocenters. The number of hydrogen-bond donors (Lipinski definition) is 2. The van der Waals surface area contributed by atoms with Crippen LogP contribution >= 0.6 is 27.5 Å². The lowest BCUT2D eigenvalue weighted by molar-refractivity contribution is -0.385. The predicted octanol–water partition coefficient (Wildman–Crippen LogP) is 3.89. The highest BCUT2D eigenvalue weighted by Gasteiger charge is 2.22. The molecular weight excluding hydrogens is 362 g/mol. The van der Waals surface area contributed by atoms with Crippen molar-refractivity contribution in [2.45, 2.75) is 6.92 Å². The van der Waals surface area contributed by atoms with Crippen molar-refractivity contribution in [1.29, 1.82) is 0 Å². The summed E-state index contributed by atoms with van der Waals surface area (Å²) in [6.07, 6.45) is 0. The van der Waals surface area contributed by atoms with E-state index < -0.39 is 4.92 Å². The first-order chi connectivity index (χ1) is 9.92. The fourth-order valence-corrected chi connectivity index (χ4v) is 2.23. The Kier molecular flexibility index (Phi) is 4.59. The minimum Gasteiger partial charge on any atom is -0.357 e. The topological polar surface area (TPSA) is 93.0 Å². The Bertz CT molecular complexity index is 710. The van der Waals surface area contributed by atoms with Gasteiger partial charge in [0.2, 0.25) is 11.8 Å². The van der Waals surface area contributed by atoms with Crippen molar-refractivity contribution >= 4 is 50.7 Å². The number of rotatable bonds is 4. The molecular formula is C12H11BrClN5O2. The van der Waals surface area contributed by atoms with E-state index in [-0.39, 0.29) is 23.1 Å². The third-order valence-corrected chi connectivity index (χ3v) is 3.47. The molecule has 2 N–H and O–H groups in total. The summed E-state index contributed by atoms with van der Waals surface area (Å²) in [5.74, 6) is 0.364. The molecule has 0 bridgehead atoms. The van der Waals surface area contributed by atoms with E-state index in [4.69, 9.17) is 11.6 Å². The summed E-state index contributed by atoms with van der Waals surface area (Å²) < 4.78 is 0.789. The van der Waals surface area contributed by atoms with Crippen LogP contribution in [0.1, 0.15) is 5.69 Å². The van der Waals surface area contributed by atoms with Gasteiger partial charge in [-0.2, -0.15) is 4.98 Å². The number of nitrogens with zero attached hydrogens (tertiary/aromatic N) is 3. The van der Waals surface area contributed by atoms with Gasteiger partial charge in [0.1, 0.15) is 5.69 Å². The van der Waals surface area contributed by atoms with Gasteiger partial charge in [0.05, 0.1) is 15.6 Å². The first-order valence-electron chi connectivity index (χ1n) is 5.85. The van der Waals surface area contributed by atoms with Crippen LogP contribution in [0.15, 0.2) is 22.7 Å². The van der Waals surface area contributed by atoms with Crippen molar-refractivity contribution in [3.63, 3.8) is 0 Å².